The second-order valence-corrected chi connectivity index (χ2v) is 6.75. The van der Waals surface area contributed by atoms with Crippen LogP contribution in [0, 0.1) is 0 Å². The van der Waals surface area contributed by atoms with Crippen molar-refractivity contribution in [1.82, 2.24) is 10.0 Å². The summed E-state index contributed by atoms with van der Waals surface area (Å²) in [6.45, 7) is 1.71. The molecule has 120 valence electrons. The third-order valence-electron chi connectivity index (χ3n) is 2.72. The normalized spacial score (nSPS) is 11.4. The Labute approximate surface area is 130 Å². The first kappa shape index (κ1) is 18.0. The summed E-state index contributed by atoms with van der Waals surface area (Å²) < 4.78 is 34.6. The Kier molecular flexibility index (Phi) is 7.24. The predicted molar refractivity (Wildman–Crippen MR) is 83.7 cm³/mol. The van der Waals surface area contributed by atoms with Crippen LogP contribution in [0.3, 0.4) is 0 Å². The van der Waals surface area contributed by atoms with Crippen molar-refractivity contribution >= 4 is 21.6 Å². The van der Waals surface area contributed by atoms with E-state index in [1.54, 1.807) is 7.11 Å². The van der Waals surface area contributed by atoms with Crippen LogP contribution in [-0.2, 0) is 16.6 Å². The Bertz CT molecular complexity index is 564. The van der Waals surface area contributed by atoms with E-state index >= 15 is 0 Å². The van der Waals surface area contributed by atoms with Crippen molar-refractivity contribution in [3.63, 3.8) is 0 Å². The van der Waals surface area contributed by atoms with E-state index < -0.39 is 10.0 Å². The van der Waals surface area contributed by atoms with Crippen LogP contribution in [0.15, 0.2) is 12.1 Å². The zero-order valence-corrected chi connectivity index (χ0v) is 14.0. The number of hydrogen-bond acceptors (Lipinski definition) is 5. The van der Waals surface area contributed by atoms with Gasteiger partial charge in [0.05, 0.1) is 25.5 Å². The van der Waals surface area contributed by atoms with Gasteiger partial charge >= 0.3 is 0 Å². The van der Waals surface area contributed by atoms with Gasteiger partial charge in [-0.2, -0.15) is 0 Å². The number of nitrogens with one attached hydrogen (secondary N) is 2. The van der Waals surface area contributed by atoms with E-state index in [2.05, 4.69) is 10.0 Å². The lowest BCUT2D eigenvalue weighted by atomic mass is 10.2. The summed E-state index contributed by atoms with van der Waals surface area (Å²) in [4.78, 5) is 0. The van der Waals surface area contributed by atoms with Crippen molar-refractivity contribution in [3.05, 3.63) is 22.7 Å². The molecule has 0 atom stereocenters. The zero-order chi connectivity index (χ0) is 15.9. The molecule has 21 heavy (non-hydrogen) atoms. The number of hydrogen-bond donors (Lipinski definition) is 2. The molecule has 1 aromatic rings. The molecule has 0 spiro atoms. The van der Waals surface area contributed by atoms with Gasteiger partial charge in [-0.1, -0.05) is 11.6 Å². The standard InChI is InChI=1S/C13H21ClN2O4S/c1-19-12-8-10(7-11(14)13(12)20-2)9-15-5-4-6-16-21(3,17)18/h7-8,15-16H,4-6,9H2,1-3H3. The zero-order valence-electron chi connectivity index (χ0n) is 12.4. The molecule has 2 N–H and O–H groups in total. The van der Waals surface area contributed by atoms with Crippen molar-refractivity contribution in [1.29, 1.82) is 0 Å². The second-order valence-electron chi connectivity index (χ2n) is 4.51. The molecule has 0 aliphatic heterocycles. The molecule has 0 saturated carbocycles. The maximum absolute atomic E-state index is 10.9. The second kappa shape index (κ2) is 8.43. The lowest BCUT2D eigenvalue weighted by molar-refractivity contribution is 0.354. The molecule has 1 aromatic carbocycles. The lowest BCUT2D eigenvalue weighted by Gasteiger charge is -2.12. The highest BCUT2D eigenvalue weighted by atomic mass is 35.5. The van der Waals surface area contributed by atoms with Gasteiger partial charge in [-0.05, 0) is 30.7 Å². The van der Waals surface area contributed by atoms with E-state index in [1.165, 1.54) is 7.11 Å². The Morgan fingerprint density at radius 2 is 1.90 bits per heavy atom. The topological polar surface area (TPSA) is 76.7 Å². The summed E-state index contributed by atoms with van der Waals surface area (Å²) in [5.41, 5.74) is 0.966. The number of halogens is 1. The highest BCUT2D eigenvalue weighted by molar-refractivity contribution is 7.88. The molecule has 0 aliphatic rings. The van der Waals surface area contributed by atoms with Crippen molar-refractivity contribution in [3.8, 4) is 11.5 Å². The molecule has 0 radical (unpaired) electrons. The van der Waals surface area contributed by atoms with Gasteiger partial charge in [-0.25, -0.2) is 13.1 Å². The molecule has 0 unspecified atom stereocenters. The maximum atomic E-state index is 10.9. The van der Waals surface area contributed by atoms with E-state index in [0.717, 1.165) is 11.8 Å². The SMILES string of the molecule is COc1cc(CNCCCNS(C)(=O)=O)cc(Cl)c1OC. The van der Waals surface area contributed by atoms with Gasteiger partial charge in [-0.15, -0.1) is 0 Å². The van der Waals surface area contributed by atoms with Crippen LogP contribution in [0.5, 0.6) is 11.5 Å². The number of benzene rings is 1. The minimum absolute atomic E-state index is 0.415. The van der Waals surface area contributed by atoms with E-state index in [-0.39, 0.29) is 0 Å². The summed E-state index contributed by atoms with van der Waals surface area (Å²) in [5, 5.41) is 3.71. The van der Waals surface area contributed by atoms with E-state index in [0.29, 0.717) is 42.6 Å². The Hall–Kier alpha value is -1.02. The molecule has 8 heteroatoms. The average Bonchev–Trinajstić information content (AvgIpc) is 2.40. The van der Waals surface area contributed by atoms with Crippen LogP contribution in [0.1, 0.15) is 12.0 Å². The molecule has 0 saturated heterocycles. The molecule has 0 aliphatic carbocycles. The molecule has 6 nitrogen and oxygen atoms in total. The van der Waals surface area contributed by atoms with Gasteiger partial charge in [0.2, 0.25) is 10.0 Å². The molecule has 0 bridgehead atoms. The molecular formula is C13H21ClN2O4S. The minimum Gasteiger partial charge on any atom is -0.493 e. The lowest BCUT2D eigenvalue weighted by Crippen LogP contribution is -2.26. The first-order valence-corrected chi connectivity index (χ1v) is 8.70. The fourth-order valence-electron chi connectivity index (χ4n) is 1.78. The van der Waals surface area contributed by atoms with Gasteiger partial charge < -0.3 is 14.8 Å². The molecule has 0 aromatic heterocycles. The van der Waals surface area contributed by atoms with Crippen LogP contribution in [-0.4, -0.2) is 42.0 Å². The van der Waals surface area contributed by atoms with Crippen LogP contribution < -0.4 is 19.5 Å². The van der Waals surface area contributed by atoms with Crippen molar-refractivity contribution in [2.24, 2.45) is 0 Å². The van der Waals surface area contributed by atoms with Crippen molar-refractivity contribution in [2.75, 3.05) is 33.6 Å². The maximum Gasteiger partial charge on any atom is 0.208 e. The Morgan fingerprint density at radius 3 is 2.48 bits per heavy atom. The average molecular weight is 337 g/mol. The highest BCUT2D eigenvalue weighted by Crippen LogP contribution is 2.35. The minimum atomic E-state index is -3.11. The quantitative estimate of drug-likeness (QED) is 0.666. The van der Waals surface area contributed by atoms with Crippen LogP contribution >= 0.6 is 11.6 Å². The fraction of sp³-hybridized carbons (Fsp3) is 0.538. The first-order valence-electron chi connectivity index (χ1n) is 6.43. The summed E-state index contributed by atoms with van der Waals surface area (Å²) in [7, 11) is -0.0155. The van der Waals surface area contributed by atoms with Crippen molar-refractivity contribution < 1.29 is 17.9 Å². The van der Waals surface area contributed by atoms with Crippen LogP contribution in [0.4, 0.5) is 0 Å². The van der Waals surface area contributed by atoms with Crippen LogP contribution in [0.2, 0.25) is 5.02 Å². The smallest absolute Gasteiger partial charge is 0.208 e. The summed E-state index contributed by atoms with van der Waals surface area (Å²) in [5.74, 6) is 1.10. The summed E-state index contributed by atoms with van der Waals surface area (Å²) in [6, 6.07) is 3.66. The Morgan fingerprint density at radius 1 is 1.19 bits per heavy atom. The number of ether oxygens (including phenoxy) is 2. The Balaban J connectivity index is 2.44. The highest BCUT2D eigenvalue weighted by Gasteiger charge is 2.10. The fourth-order valence-corrected chi connectivity index (χ4v) is 2.60. The molecule has 0 heterocycles. The van der Waals surface area contributed by atoms with Gasteiger partial charge in [0, 0.05) is 13.1 Å². The largest absolute Gasteiger partial charge is 0.493 e. The predicted octanol–water partition coefficient (Wildman–Crippen LogP) is 1.39. The number of methoxy groups -OCH3 is 2. The van der Waals surface area contributed by atoms with Gasteiger partial charge in [0.15, 0.2) is 11.5 Å². The monoisotopic (exact) mass is 336 g/mol. The third kappa shape index (κ3) is 6.52. The van der Waals surface area contributed by atoms with E-state index in [9.17, 15) is 8.42 Å². The van der Waals surface area contributed by atoms with Gasteiger partial charge in [-0.3, -0.25) is 0 Å². The molecule has 0 fully saturated rings. The number of rotatable bonds is 9. The molecule has 0 amide bonds. The molecule has 1 rings (SSSR count). The third-order valence-corrected chi connectivity index (χ3v) is 3.73. The van der Waals surface area contributed by atoms with Crippen LogP contribution in [0.25, 0.3) is 0 Å². The van der Waals surface area contributed by atoms with Crippen molar-refractivity contribution in [2.45, 2.75) is 13.0 Å². The van der Waals surface area contributed by atoms with Gasteiger partial charge in [0.25, 0.3) is 0 Å². The first-order chi connectivity index (χ1) is 9.87. The number of sulfonamides is 1. The molecular weight excluding hydrogens is 316 g/mol. The van der Waals surface area contributed by atoms with Gasteiger partial charge in [0.1, 0.15) is 0 Å². The van der Waals surface area contributed by atoms with E-state index in [1.807, 2.05) is 12.1 Å². The summed E-state index contributed by atoms with van der Waals surface area (Å²) >= 11 is 6.12. The van der Waals surface area contributed by atoms with E-state index in [4.69, 9.17) is 21.1 Å². The summed E-state index contributed by atoms with van der Waals surface area (Å²) in [6.07, 6.45) is 1.85.